The minimum atomic E-state index is -3.67. The molecule has 6 nitrogen and oxygen atoms in total. The normalized spacial score (nSPS) is 18.8. The molecule has 1 aliphatic rings. The quantitative estimate of drug-likeness (QED) is 0.831. The van der Waals surface area contributed by atoms with Crippen molar-refractivity contribution in [1.82, 2.24) is 19.1 Å². The maximum absolute atomic E-state index is 13.0. The number of hydrogen-bond donors (Lipinski definition) is 0. The molecule has 1 aromatic carbocycles. The Balaban J connectivity index is 2.00. The van der Waals surface area contributed by atoms with E-state index in [1.54, 1.807) is 24.3 Å². The average molecular weight is 369 g/mol. The molecule has 24 heavy (non-hydrogen) atoms. The molecule has 130 valence electrons. The molecule has 3 rings (SSSR count). The van der Waals surface area contributed by atoms with Crippen molar-refractivity contribution in [3.8, 4) is 0 Å². The van der Waals surface area contributed by atoms with Crippen molar-refractivity contribution in [2.45, 2.75) is 44.7 Å². The Morgan fingerprint density at radius 2 is 2.00 bits per heavy atom. The molecule has 0 radical (unpaired) electrons. The Morgan fingerprint density at radius 3 is 2.67 bits per heavy atom. The number of rotatable bonds is 4. The second-order valence-corrected chi connectivity index (χ2v) is 8.86. The molecule has 0 bridgehead atoms. The third kappa shape index (κ3) is 3.08. The molecule has 8 heteroatoms. The zero-order valence-corrected chi connectivity index (χ0v) is 15.5. The van der Waals surface area contributed by atoms with Gasteiger partial charge in [-0.05, 0) is 31.4 Å². The summed E-state index contributed by atoms with van der Waals surface area (Å²) in [6, 6.07) is 6.57. The van der Waals surface area contributed by atoms with E-state index < -0.39 is 10.0 Å². The van der Waals surface area contributed by atoms with E-state index in [4.69, 9.17) is 11.6 Å². The smallest absolute Gasteiger partial charge is 0.245 e. The van der Waals surface area contributed by atoms with E-state index in [1.807, 2.05) is 6.92 Å². The number of aromatic nitrogens is 3. The van der Waals surface area contributed by atoms with Crippen molar-refractivity contribution in [1.29, 1.82) is 0 Å². The van der Waals surface area contributed by atoms with Gasteiger partial charge in [0.2, 0.25) is 10.0 Å². The van der Waals surface area contributed by atoms with Crippen LogP contribution in [0.15, 0.2) is 29.2 Å². The number of sulfonamides is 1. The van der Waals surface area contributed by atoms with Crippen molar-refractivity contribution in [2.75, 3.05) is 6.54 Å². The molecule has 1 aliphatic heterocycles. The van der Waals surface area contributed by atoms with Crippen LogP contribution >= 0.6 is 11.6 Å². The SMILES string of the molecule is Cc1nnc2n1[C@@H](CC(C)C)CN(S(=O)(=O)c1ccccc1Cl)C2. The summed E-state index contributed by atoms with van der Waals surface area (Å²) in [6.07, 6.45) is 0.862. The van der Waals surface area contributed by atoms with Crippen LogP contribution in [0.1, 0.15) is 38.0 Å². The Bertz CT molecular complexity index is 848. The van der Waals surface area contributed by atoms with Crippen LogP contribution in [0.5, 0.6) is 0 Å². The highest BCUT2D eigenvalue weighted by atomic mass is 35.5. The van der Waals surface area contributed by atoms with E-state index in [-0.39, 0.29) is 22.5 Å². The van der Waals surface area contributed by atoms with Crippen LogP contribution in [0, 0.1) is 12.8 Å². The van der Waals surface area contributed by atoms with Gasteiger partial charge in [-0.15, -0.1) is 10.2 Å². The second kappa shape index (κ2) is 6.46. The fraction of sp³-hybridized carbons (Fsp3) is 0.500. The molecule has 0 spiro atoms. The van der Waals surface area contributed by atoms with Crippen molar-refractivity contribution in [3.05, 3.63) is 40.9 Å². The summed E-state index contributed by atoms with van der Waals surface area (Å²) in [4.78, 5) is 0.139. The minimum absolute atomic E-state index is 0.0287. The maximum atomic E-state index is 13.0. The van der Waals surface area contributed by atoms with Crippen LogP contribution in [0.3, 0.4) is 0 Å². The van der Waals surface area contributed by atoms with Crippen LogP contribution in [0.4, 0.5) is 0 Å². The molecule has 0 aliphatic carbocycles. The zero-order chi connectivity index (χ0) is 17.5. The van der Waals surface area contributed by atoms with E-state index in [2.05, 4.69) is 28.6 Å². The van der Waals surface area contributed by atoms with Crippen LogP contribution in [-0.4, -0.2) is 34.0 Å². The van der Waals surface area contributed by atoms with E-state index in [0.717, 1.165) is 12.2 Å². The molecule has 0 fully saturated rings. The van der Waals surface area contributed by atoms with Gasteiger partial charge < -0.3 is 4.57 Å². The lowest BCUT2D eigenvalue weighted by Gasteiger charge is -2.34. The van der Waals surface area contributed by atoms with Gasteiger partial charge >= 0.3 is 0 Å². The number of halogens is 1. The Hall–Kier alpha value is -1.44. The second-order valence-electron chi connectivity index (χ2n) is 6.54. The van der Waals surface area contributed by atoms with Gasteiger partial charge in [0, 0.05) is 6.54 Å². The summed E-state index contributed by atoms with van der Waals surface area (Å²) in [5, 5.41) is 8.53. The molecule has 1 atom stereocenters. The first-order valence-corrected chi connectivity index (χ1v) is 9.77. The molecule has 0 saturated heterocycles. The van der Waals surface area contributed by atoms with Crippen LogP contribution in [0.25, 0.3) is 0 Å². The number of aryl methyl sites for hydroxylation is 1. The van der Waals surface area contributed by atoms with Crippen molar-refractivity contribution in [2.24, 2.45) is 5.92 Å². The highest BCUT2D eigenvalue weighted by molar-refractivity contribution is 7.89. The van der Waals surface area contributed by atoms with Gasteiger partial charge in [0.25, 0.3) is 0 Å². The lowest BCUT2D eigenvalue weighted by atomic mass is 10.0. The molecule has 1 aromatic heterocycles. The first-order chi connectivity index (χ1) is 11.3. The highest BCUT2D eigenvalue weighted by Crippen LogP contribution is 2.32. The van der Waals surface area contributed by atoms with E-state index in [9.17, 15) is 8.42 Å². The summed E-state index contributed by atoms with van der Waals surface area (Å²) >= 11 is 6.11. The van der Waals surface area contributed by atoms with Crippen molar-refractivity contribution < 1.29 is 8.42 Å². The number of benzene rings is 1. The van der Waals surface area contributed by atoms with Crippen molar-refractivity contribution >= 4 is 21.6 Å². The van der Waals surface area contributed by atoms with Gasteiger partial charge in [0.15, 0.2) is 0 Å². The van der Waals surface area contributed by atoms with Gasteiger partial charge in [0.1, 0.15) is 16.5 Å². The molecule has 0 amide bonds. The van der Waals surface area contributed by atoms with Gasteiger partial charge in [-0.1, -0.05) is 37.6 Å². The first-order valence-electron chi connectivity index (χ1n) is 7.95. The Labute approximate surface area is 147 Å². The van der Waals surface area contributed by atoms with Gasteiger partial charge in [-0.3, -0.25) is 0 Å². The Morgan fingerprint density at radius 1 is 1.29 bits per heavy atom. The summed E-state index contributed by atoms with van der Waals surface area (Å²) in [5.74, 6) is 1.94. The summed E-state index contributed by atoms with van der Waals surface area (Å²) in [5.41, 5.74) is 0. The van der Waals surface area contributed by atoms with E-state index in [0.29, 0.717) is 18.3 Å². The predicted molar refractivity (Wildman–Crippen MR) is 92.3 cm³/mol. The predicted octanol–water partition coefficient (Wildman–Crippen LogP) is 3.03. The lowest BCUT2D eigenvalue weighted by Crippen LogP contribution is -2.42. The third-order valence-corrected chi connectivity index (χ3v) is 6.54. The van der Waals surface area contributed by atoms with E-state index >= 15 is 0 Å². The molecular formula is C16H21ClN4O2S. The lowest BCUT2D eigenvalue weighted by molar-refractivity contribution is 0.249. The minimum Gasteiger partial charge on any atom is -0.310 e. The Kier molecular flexibility index (Phi) is 4.68. The summed E-state index contributed by atoms with van der Waals surface area (Å²) < 4.78 is 29.6. The van der Waals surface area contributed by atoms with Crippen LogP contribution in [0.2, 0.25) is 5.02 Å². The van der Waals surface area contributed by atoms with Crippen LogP contribution < -0.4 is 0 Å². The maximum Gasteiger partial charge on any atom is 0.245 e. The fourth-order valence-electron chi connectivity index (χ4n) is 3.24. The largest absolute Gasteiger partial charge is 0.310 e. The molecule has 2 heterocycles. The van der Waals surface area contributed by atoms with Gasteiger partial charge in [-0.2, -0.15) is 4.31 Å². The van der Waals surface area contributed by atoms with Gasteiger partial charge in [-0.25, -0.2) is 8.42 Å². The topological polar surface area (TPSA) is 68.1 Å². The fourth-order valence-corrected chi connectivity index (χ4v) is 5.16. The molecule has 0 saturated carbocycles. The summed E-state index contributed by atoms with van der Waals surface area (Å²) in [7, 11) is -3.67. The number of fused-ring (bicyclic) bond motifs is 1. The van der Waals surface area contributed by atoms with E-state index in [1.165, 1.54) is 4.31 Å². The zero-order valence-electron chi connectivity index (χ0n) is 14.0. The summed E-state index contributed by atoms with van der Waals surface area (Å²) in [6.45, 7) is 6.77. The third-order valence-electron chi connectivity index (χ3n) is 4.23. The first kappa shape index (κ1) is 17.4. The molecule has 0 N–H and O–H groups in total. The highest BCUT2D eigenvalue weighted by Gasteiger charge is 2.36. The molecule has 2 aromatic rings. The van der Waals surface area contributed by atoms with Crippen molar-refractivity contribution in [3.63, 3.8) is 0 Å². The van der Waals surface area contributed by atoms with Gasteiger partial charge in [0.05, 0.1) is 17.6 Å². The number of hydrogen-bond acceptors (Lipinski definition) is 4. The molecular weight excluding hydrogens is 348 g/mol. The molecule has 0 unspecified atom stereocenters. The number of nitrogens with zero attached hydrogens (tertiary/aromatic N) is 4. The van der Waals surface area contributed by atoms with Crippen LogP contribution in [-0.2, 0) is 16.6 Å². The standard InChI is InChI=1S/C16H21ClN4O2S/c1-11(2)8-13-9-20(10-16-19-18-12(3)21(13)16)24(22,23)15-7-5-4-6-14(15)17/h4-7,11,13H,8-10H2,1-3H3/t13-/m0/s1. The average Bonchev–Trinajstić information content (AvgIpc) is 2.88. The monoisotopic (exact) mass is 368 g/mol.